The van der Waals surface area contributed by atoms with Gasteiger partial charge in [-0.2, -0.15) is 0 Å². The predicted molar refractivity (Wildman–Crippen MR) is 98.1 cm³/mol. The van der Waals surface area contributed by atoms with Crippen molar-refractivity contribution in [2.24, 2.45) is 0 Å². The van der Waals surface area contributed by atoms with E-state index in [1.807, 2.05) is 54.6 Å². The number of allylic oxidation sites excluding steroid dienone is 2. The van der Waals surface area contributed by atoms with Crippen LogP contribution in [0, 0.1) is 0 Å². The number of hydrogen-bond donors (Lipinski definition) is 1. The number of unbranched alkanes of at least 4 members (excludes halogenated alkanes) is 1. The van der Waals surface area contributed by atoms with E-state index in [9.17, 15) is 9.90 Å². The van der Waals surface area contributed by atoms with Crippen LogP contribution in [-0.4, -0.2) is 20.4 Å². The average molecular weight is 332 g/mol. The monoisotopic (exact) mass is 332 g/mol. The second kappa shape index (κ2) is 8.11. The van der Waals surface area contributed by atoms with E-state index < -0.39 is 0 Å². The van der Waals surface area contributed by atoms with Crippen molar-refractivity contribution in [3.8, 4) is 11.4 Å². The number of nitrogens with zero attached hydrogens (tertiary/aromatic N) is 2. The molecule has 0 saturated heterocycles. The minimum Gasteiger partial charge on any atom is -0.508 e. The summed E-state index contributed by atoms with van der Waals surface area (Å²) in [6, 6.07) is 17.0. The Kier molecular flexibility index (Phi) is 5.42. The first kappa shape index (κ1) is 16.7. The molecule has 1 N–H and O–H groups in total. The van der Waals surface area contributed by atoms with Crippen molar-refractivity contribution in [1.29, 1.82) is 0 Å². The third kappa shape index (κ3) is 4.23. The fourth-order valence-electron chi connectivity index (χ4n) is 2.68. The van der Waals surface area contributed by atoms with Crippen molar-refractivity contribution >= 4 is 5.78 Å². The molecular formula is C21H20N2O2. The highest BCUT2D eigenvalue weighted by Crippen LogP contribution is 2.18. The molecule has 0 radical (unpaired) electrons. The number of ketones is 1. The van der Waals surface area contributed by atoms with E-state index in [4.69, 9.17) is 0 Å². The maximum Gasteiger partial charge on any atom is 0.221 e. The van der Waals surface area contributed by atoms with E-state index in [2.05, 4.69) is 4.98 Å². The molecule has 0 spiro atoms. The van der Waals surface area contributed by atoms with Crippen molar-refractivity contribution in [3.05, 3.63) is 90.5 Å². The number of phenolic OH excluding ortho intramolecular Hbond substituents is 1. The summed E-state index contributed by atoms with van der Waals surface area (Å²) in [6.45, 7) is 0. The van der Waals surface area contributed by atoms with E-state index in [0.29, 0.717) is 11.6 Å². The lowest BCUT2D eigenvalue weighted by molar-refractivity contribution is 0.103. The minimum atomic E-state index is -0.114. The van der Waals surface area contributed by atoms with Crippen molar-refractivity contribution < 1.29 is 9.90 Å². The topological polar surface area (TPSA) is 55.1 Å². The summed E-state index contributed by atoms with van der Waals surface area (Å²) in [5, 5.41) is 9.74. The highest BCUT2D eigenvalue weighted by atomic mass is 16.3. The quantitative estimate of drug-likeness (QED) is 0.398. The molecule has 0 aliphatic carbocycles. The first-order chi connectivity index (χ1) is 12.3. The van der Waals surface area contributed by atoms with E-state index in [-0.39, 0.29) is 5.78 Å². The van der Waals surface area contributed by atoms with Crippen molar-refractivity contribution in [1.82, 2.24) is 9.55 Å². The number of rotatable bonds is 7. The van der Waals surface area contributed by atoms with Crippen molar-refractivity contribution in [3.63, 3.8) is 0 Å². The molecule has 0 atom stereocenters. The number of benzene rings is 2. The molecule has 1 heterocycles. The summed E-state index contributed by atoms with van der Waals surface area (Å²) in [4.78, 5) is 16.6. The second-order valence-corrected chi connectivity index (χ2v) is 5.74. The number of carbonyl (C=O) groups excluding carboxylic acids is 1. The Balaban J connectivity index is 1.57. The van der Waals surface area contributed by atoms with Crippen LogP contribution in [-0.2, 0) is 6.42 Å². The molecule has 4 heteroatoms. The van der Waals surface area contributed by atoms with Gasteiger partial charge in [-0.25, -0.2) is 4.98 Å². The number of aryl methyl sites for hydroxylation is 1. The maximum atomic E-state index is 12.4. The number of aromatic nitrogens is 2. The van der Waals surface area contributed by atoms with Crippen LogP contribution in [0.2, 0.25) is 0 Å². The lowest BCUT2D eigenvalue weighted by Crippen LogP contribution is -2.06. The molecular weight excluding hydrogens is 312 g/mol. The van der Waals surface area contributed by atoms with Crippen LogP contribution in [0.1, 0.15) is 29.0 Å². The largest absolute Gasteiger partial charge is 0.508 e. The van der Waals surface area contributed by atoms with Crippen LogP contribution in [0.5, 0.6) is 5.75 Å². The van der Waals surface area contributed by atoms with Gasteiger partial charge in [-0.1, -0.05) is 42.5 Å². The fourth-order valence-corrected chi connectivity index (χ4v) is 2.68. The van der Waals surface area contributed by atoms with Gasteiger partial charge in [0.15, 0.2) is 5.82 Å². The zero-order valence-corrected chi connectivity index (χ0v) is 13.9. The van der Waals surface area contributed by atoms with Crippen LogP contribution in [0.4, 0.5) is 0 Å². The normalized spacial score (nSPS) is 11.0. The smallest absolute Gasteiger partial charge is 0.221 e. The van der Waals surface area contributed by atoms with Gasteiger partial charge in [0.2, 0.25) is 5.78 Å². The Morgan fingerprint density at radius 2 is 1.84 bits per heavy atom. The van der Waals surface area contributed by atoms with Crippen LogP contribution < -0.4 is 0 Å². The summed E-state index contributed by atoms with van der Waals surface area (Å²) in [6.07, 6.45) is 9.28. The van der Waals surface area contributed by atoms with E-state index in [1.165, 1.54) is 0 Å². The maximum absolute atomic E-state index is 12.4. The highest BCUT2D eigenvalue weighted by Gasteiger charge is 2.10. The summed E-state index contributed by atoms with van der Waals surface area (Å²) in [5.41, 5.74) is 1.85. The van der Waals surface area contributed by atoms with Gasteiger partial charge in [-0.3, -0.25) is 9.36 Å². The Morgan fingerprint density at radius 1 is 1.08 bits per heavy atom. The summed E-state index contributed by atoms with van der Waals surface area (Å²) in [5.74, 6) is 0.618. The van der Waals surface area contributed by atoms with Crippen LogP contribution in [0.15, 0.2) is 79.1 Å². The predicted octanol–water partition coefficient (Wildman–Crippen LogP) is 4.34. The Morgan fingerprint density at radius 3 is 2.64 bits per heavy atom. The average Bonchev–Trinajstić information content (AvgIpc) is 3.13. The Hall–Kier alpha value is -3.14. The van der Waals surface area contributed by atoms with E-state index >= 15 is 0 Å². The van der Waals surface area contributed by atoms with E-state index in [0.717, 1.165) is 30.5 Å². The van der Waals surface area contributed by atoms with Gasteiger partial charge in [0.25, 0.3) is 0 Å². The molecule has 0 unspecified atom stereocenters. The van der Waals surface area contributed by atoms with Gasteiger partial charge in [0, 0.05) is 18.1 Å². The lowest BCUT2D eigenvalue weighted by Gasteiger charge is -2.05. The summed E-state index contributed by atoms with van der Waals surface area (Å²) in [7, 11) is 0. The van der Waals surface area contributed by atoms with Gasteiger partial charge in [0.1, 0.15) is 5.75 Å². The Labute approximate surface area is 147 Å². The number of imidazole rings is 1. The Bertz CT molecular complexity index is 866. The molecule has 0 aliphatic heterocycles. The SMILES string of the molecule is O=C(/C=C/CCCc1ccccc1O)c1nccn1-c1ccccc1. The van der Waals surface area contributed by atoms with Gasteiger partial charge < -0.3 is 5.11 Å². The molecule has 0 aliphatic rings. The molecule has 4 nitrogen and oxygen atoms in total. The minimum absolute atomic E-state index is 0.114. The number of carbonyl (C=O) groups is 1. The molecule has 0 bridgehead atoms. The standard InChI is InChI=1S/C21H20N2O2/c24-19-13-8-7-10-17(19)9-3-1-6-14-20(25)21-22-15-16-23(21)18-11-4-2-5-12-18/h2,4-8,10-16,24H,1,3,9H2/b14-6+. The van der Waals surface area contributed by atoms with Gasteiger partial charge >= 0.3 is 0 Å². The van der Waals surface area contributed by atoms with Gasteiger partial charge in [-0.05, 0) is 49.1 Å². The molecule has 0 amide bonds. The van der Waals surface area contributed by atoms with Gasteiger partial charge in [0.05, 0.1) is 0 Å². The van der Waals surface area contributed by atoms with Crippen LogP contribution in [0.25, 0.3) is 5.69 Å². The fraction of sp³-hybridized carbons (Fsp3) is 0.143. The molecule has 126 valence electrons. The summed E-state index contributed by atoms with van der Waals surface area (Å²) < 4.78 is 1.79. The molecule has 3 aromatic rings. The molecule has 25 heavy (non-hydrogen) atoms. The number of hydrogen-bond acceptors (Lipinski definition) is 3. The molecule has 3 rings (SSSR count). The highest BCUT2D eigenvalue weighted by molar-refractivity contribution is 6.02. The van der Waals surface area contributed by atoms with Crippen molar-refractivity contribution in [2.75, 3.05) is 0 Å². The zero-order valence-electron chi connectivity index (χ0n) is 13.9. The first-order valence-corrected chi connectivity index (χ1v) is 8.32. The third-order valence-corrected chi connectivity index (χ3v) is 3.97. The first-order valence-electron chi connectivity index (χ1n) is 8.32. The lowest BCUT2D eigenvalue weighted by atomic mass is 10.1. The molecule has 2 aromatic carbocycles. The third-order valence-electron chi connectivity index (χ3n) is 3.97. The number of para-hydroxylation sites is 2. The molecule has 0 fully saturated rings. The second-order valence-electron chi connectivity index (χ2n) is 5.74. The number of aromatic hydroxyl groups is 1. The number of phenols is 1. The van der Waals surface area contributed by atoms with Crippen LogP contribution in [0.3, 0.4) is 0 Å². The van der Waals surface area contributed by atoms with Crippen molar-refractivity contribution in [2.45, 2.75) is 19.3 Å². The van der Waals surface area contributed by atoms with Gasteiger partial charge in [-0.15, -0.1) is 0 Å². The molecule has 1 aromatic heterocycles. The van der Waals surface area contributed by atoms with E-state index in [1.54, 1.807) is 29.1 Å². The zero-order chi connectivity index (χ0) is 17.5. The summed E-state index contributed by atoms with van der Waals surface area (Å²) >= 11 is 0. The molecule has 0 saturated carbocycles. The van der Waals surface area contributed by atoms with Crippen LogP contribution >= 0.6 is 0 Å².